The van der Waals surface area contributed by atoms with E-state index in [0.717, 1.165) is 13.1 Å². The minimum absolute atomic E-state index is 0.152. The van der Waals surface area contributed by atoms with Gasteiger partial charge in [-0.15, -0.1) is 0 Å². The number of rotatable bonds is 4. The Morgan fingerprint density at radius 3 is 2.94 bits per heavy atom. The highest BCUT2D eigenvalue weighted by atomic mass is 16.6. The Labute approximate surface area is 93.0 Å². The minimum atomic E-state index is -0.651. The second kappa shape index (κ2) is 4.82. The molecule has 0 radical (unpaired) electrons. The zero-order chi connectivity index (χ0) is 11.5. The van der Waals surface area contributed by atoms with E-state index < -0.39 is 5.82 Å². The van der Waals surface area contributed by atoms with Gasteiger partial charge < -0.3 is 24.2 Å². The molecule has 90 valence electrons. The molecule has 2 atom stereocenters. The van der Waals surface area contributed by atoms with Gasteiger partial charge in [-0.1, -0.05) is 0 Å². The number of aryl methyl sites for hydroxylation is 1. The fourth-order valence-electron chi connectivity index (χ4n) is 1.87. The van der Waals surface area contributed by atoms with Crippen molar-refractivity contribution in [3.8, 4) is 0 Å². The molecule has 0 amide bonds. The van der Waals surface area contributed by atoms with Gasteiger partial charge >= 0.3 is 5.82 Å². The van der Waals surface area contributed by atoms with Crippen LogP contribution in [0.5, 0.6) is 0 Å². The van der Waals surface area contributed by atoms with Crippen molar-refractivity contribution in [2.45, 2.75) is 25.6 Å². The Morgan fingerprint density at radius 1 is 1.50 bits per heavy atom. The Balaban J connectivity index is 1.92. The third-order valence-corrected chi connectivity index (χ3v) is 2.82. The maximum absolute atomic E-state index is 10.8. The van der Waals surface area contributed by atoms with E-state index in [-0.39, 0.29) is 12.1 Å². The summed E-state index contributed by atoms with van der Waals surface area (Å²) < 4.78 is 15.0. The predicted molar refractivity (Wildman–Crippen MR) is 56.3 cm³/mol. The second-order valence-electron chi connectivity index (χ2n) is 3.85. The average molecular weight is 228 g/mol. The molecule has 1 saturated heterocycles. The maximum Gasteiger partial charge on any atom is 0.519 e. The lowest BCUT2D eigenvalue weighted by Crippen LogP contribution is -2.39. The maximum atomic E-state index is 10.8. The van der Waals surface area contributed by atoms with Crippen molar-refractivity contribution in [2.24, 2.45) is 0 Å². The number of nitrogens with one attached hydrogen (secondary N) is 2. The number of ether oxygens (including phenoxy) is 1. The van der Waals surface area contributed by atoms with Gasteiger partial charge in [0.2, 0.25) is 0 Å². The van der Waals surface area contributed by atoms with Crippen LogP contribution in [0.1, 0.15) is 11.5 Å². The quantitative estimate of drug-likeness (QED) is 0.731. The first-order chi connectivity index (χ1) is 7.70. The topological polar surface area (TPSA) is 76.6 Å². The molecule has 0 saturated carbocycles. The van der Waals surface area contributed by atoms with Crippen molar-refractivity contribution < 1.29 is 13.6 Å². The van der Waals surface area contributed by atoms with E-state index in [1.807, 2.05) is 0 Å². The van der Waals surface area contributed by atoms with Crippen molar-refractivity contribution in [3.05, 3.63) is 22.1 Å². The van der Waals surface area contributed by atoms with Crippen LogP contribution in [0.4, 0.5) is 0 Å². The van der Waals surface area contributed by atoms with Crippen molar-refractivity contribution >= 4 is 0 Å². The molecule has 0 spiro atoms. The van der Waals surface area contributed by atoms with Gasteiger partial charge in [-0.25, -0.2) is 4.79 Å². The molecule has 1 aromatic heterocycles. The van der Waals surface area contributed by atoms with Crippen LogP contribution >= 0.6 is 0 Å². The molecule has 0 aliphatic carbocycles. The highest BCUT2D eigenvalue weighted by Gasteiger charge is 2.26. The Hall–Kier alpha value is -1.11. The Bertz CT molecular complexity index is 398. The van der Waals surface area contributed by atoms with E-state index in [1.54, 1.807) is 14.0 Å². The SMILES string of the molecule is COC1CNCC1NCc1oc(=O)oc1C. The van der Waals surface area contributed by atoms with Crippen molar-refractivity contribution in [1.29, 1.82) is 0 Å². The molecule has 1 aliphatic heterocycles. The Kier molecular flexibility index (Phi) is 3.42. The van der Waals surface area contributed by atoms with Gasteiger partial charge in [0.05, 0.1) is 12.6 Å². The van der Waals surface area contributed by atoms with Gasteiger partial charge in [0, 0.05) is 26.2 Å². The molecule has 6 nitrogen and oxygen atoms in total. The van der Waals surface area contributed by atoms with Crippen LogP contribution < -0.4 is 16.5 Å². The average Bonchev–Trinajstić information content (AvgIpc) is 2.81. The summed E-state index contributed by atoms with van der Waals surface area (Å²) in [5, 5.41) is 6.50. The lowest BCUT2D eigenvalue weighted by molar-refractivity contribution is 0.0952. The van der Waals surface area contributed by atoms with Crippen LogP contribution in [0.25, 0.3) is 0 Å². The fraction of sp³-hybridized carbons (Fsp3) is 0.700. The molecule has 6 heteroatoms. The summed E-state index contributed by atoms with van der Waals surface area (Å²) in [5.41, 5.74) is 0. The molecule has 2 unspecified atom stereocenters. The summed E-state index contributed by atoms with van der Waals surface area (Å²) in [4.78, 5) is 10.8. The summed E-state index contributed by atoms with van der Waals surface area (Å²) in [6.45, 7) is 3.87. The number of methoxy groups -OCH3 is 1. The van der Waals surface area contributed by atoms with Crippen molar-refractivity contribution in [1.82, 2.24) is 10.6 Å². The van der Waals surface area contributed by atoms with Gasteiger partial charge in [-0.3, -0.25) is 0 Å². The highest BCUT2D eigenvalue weighted by molar-refractivity contribution is 5.01. The van der Waals surface area contributed by atoms with Crippen LogP contribution in [0.15, 0.2) is 13.6 Å². The highest BCUT2D eigenvalue weighted by Crippen LogP contribution is 2.08. The zero-order valence-corrected chi connectivity index (χ0v) is 9.41. The van der Waals surface area contributed by atoms with Gasteiger partial charge in [-0.2, -0.15) is 0 Å². The molecule has 16 heavy (non-hydrogen) atoms. The molecule has 1 aromatic rings. The third-order valence-electron chi connectivity index (χ3n) is 2.82. The molecule has 2 rings (SSSR count). The first-order valence-electron chi connectivity index (χ1n) is 5.27. The van der Waals surface area contributed by atoms with Gasteiger partial charge in [0.1, 0.15) is 5.76 Å². The predicted octanol–water partition coefficient (Wildman–Crippen LogP) is -0.382. The van der Waals surface area contributed by atoms with E-state index in [1.165, 1.54) is 0 Å². The lowest BCUT2D eigenvalue weighted by atomic mass is 10.2. The largest absolute Gasteiger partial charge is 0.519 e. The second-order valence-corrected chi connectivity index (χ2v) is 3.85. The van der Waals surface area contributed by atoms with Gasteiger partial charge in [0.25, 0.3) is 0 Å². The standard InChI is InChI=1S/C10H16N2O4/c1-6-8(16-10(13)15-6)5-12-7-3-11-4-9(7)14-2/h7,9,11-12H,3-5H2,1-2H3. The van der Waals surface area contributed by atoms with Crippen LogP contribution in [0, 0.1) is 6.92 Å². The molecule has 1 aliphatic rings. The zero-order valence-electron chi connectivity index (χ0n) is 9.41. The van der Waals surface area contributed by atoms with E-state index in [0.29, 0.717) is 18.1 Å². The van der Waals surface area contributed by atoms with Gasteiger partial charge in [-0.05, 0) is 6.92 Å². The number of hydrogen-bond acceptors (Lipinski definition) is 6. The van der Waals surface area contributed by atoms with Gasteiger partial charge in [0.15, 0.2) is 5.76 Å². The van der Waals surface area contributed by atoms with E-state index in [2.05, 4.69) is 10.6 Å². The summed E-state index contributed by atoms with van der Waals surface area (Å²) in [6, 6.07) is 0.226. The molecular weight excluding hydrogens is 212 g/mol. The molecule has 1 fully saturated rings. The molecule has 0 bridgehead atoms. The monoisotopic (exact) mass is 228 g/mol. The van der Waals surface area contributed by atoms with Crippen LogP contribution in [0.2, 0.25) is 0 Å². The smallest absolute Gasteiger partial charge is 0.396 e. The van der Waals surface area contributed by atoms with E-state index >= 15 is 0 Å². The molecular formula is C10H16N2O4. The lowest BCUT2D eigenvalue weighted by Gasteiger charge is -2.17. The first kappa shape index (κ1) is 11.4. The molecule has 2 N–H and O–H groups in total. The summed E-state index contributed by atoms with van der Waals surface area (Å²) in [5.74, 6) is 0.423. The third kappa shape index (κ3) is 2.34. The molecule has 0 aromatic carbocycles. The van der Waals surface area contributed by atoms with Crippen molar-refractivity contribution in [3.63, 3.8) is 0 Å². The van der Waals surface area contributed by atoms with Crippen LogP contribution in [0.3, 0.4) is 0 Å². The summed E-state index contributed by atoms with van der Waals surface area (Å²) >= 11 is 0. The number of hydrogen-bond donors (Lipinski definition) is 2. The normalized spacial score (nSPS) is 25.1. The van der Waals surface area contributed by atoms with Crippen LogP contribution in [-0.2, 0) is 11.3 Å². The summed E-state index contributed by atoms with van der Waals surface area (Å²) in [7, 11) is 1.69. The van der Waals surface area contributed by atoms with E-state index in [9.17, 15) is 4.79 Å². The summed E-state index contributed by atoms with van der Waals surface area (Å²) in [6.07, 6.45) is 0.152. The molecule has 2 heterocycles. The first-order valence-corrected chi connectivity index (χ1v) is 5.27. The van der Waals surface area contributed by atoms with E-state index in [4.69, 9.17) is 13.6 Å². The Morgan fingerprint density at radius 2 is 2.31 bits per heavy atom. The van der Waals surface area contributed by atoms with Crippen LogP contribution in [-0.4, -0.2) is 32.3 Å². The fourth-order valence-corrected chi connectivity index (χ4v) is 1.87. The van der Waals surface area contributed by atoms with Crippen molar-refractivity contribution in [2.75, 3.05) is 20.2 Å². The minimum Gasteiger partial charge on any atom is -0.396 e.